The number of nitrogens with one attached hydrogen (secondary N) is 1. The molecule has 0 aliphatic heterocycles. The third-order valence-electron chi connectivity index (χ3n) is 3.89. The minimum absolute atomic E-state index is 0.172. The van der Waals surface area contributed by atoms with Gasteiger partial charge >= 0.3 is 0 Å². The van der Waals surface area contributed by atoms with E-state index in [1.54, 1.807) is 28.9 Å². The molecule has 28 heavy (non-hydrogen) atoms. The Morgan fingerprint density at radius 1 is 1.14 bits per heavy atom. The van der Waals surface area contributed by atoms with Gasteiger partial charge in [0.1, 0.15) is 10.9 Å². The van der Waals surface area contributed by atoms with Crippen LogP contribution in [0.3, 0.4) is 0 Å². The van der Waals surface area contributed by atoms with Gasteiger partial charge in [0.25, 0.3) is 5.91 Å². The van der Waals surface area contributed by atoms with Crippen molar-refractivity contribution >= 4 is 35.3 Å². The van der Waals surface area contributed by atoms with Crippen LogP contribution in [0.1, 0.15) is 16.8 Å². The molecule has 0 aliphatic carbocycles. The number of aromatic nitrogens is 2. The standard InChI is InChI=1S/C20H18Cl2N4O2/c1-13-3-7-16(8-4-13)26-20(22)18(14(2)25-26)11-23-24-19(27)12-28-17-9-5-15(21)6-10-17/h3-11H,12H2,1-2H3,(H,24,27). The SMILES string of the molecule is Cc1ccc(-n2nc(C)c(C=NNC(=O)COc3ccc(Cl)cc3)c2Cl)cc1. The topological polar surface area (TPSA) is 68.5 Å². The summed E-state index contributed by atoms with van der Waals surface area (Å²) in [5.74, 6) is 0.146. The zero-order valence-corrected chi connectivity index (χ0v) is 16.8. The summed E-state index contributed by atoms with van der Waals surface area (Å²) in [6.07, 6.45) is 1.47. The van der Waals surface area contributed by atoms with E-state index in [0.29, 0.717) is 27.2 Å². The summed E-state index contributed by atoms with van der Waals surface area (Å²) in [4.78, 5) is 11.9. The number of benzene rings is 2. The van der Waals surface area contributed by atoms with Gasteiger partial charge in [0.15, 0.2) is 6.61 Å². The molecule has 0 atom stereocenters. The number of hydrogen-bond acceptors (Lipinski definition) is 4. The van der Waals surface area contributed by atoms with Crippen molar-refractivity contribution in [3.05, 3.63) is 75.5 Å². The third kappa shape index (κ3) is 4.91. The van der Waals surface area contributed by atoms with E-state index >= 15 is 0 Å². The summed E-state index contributed by atoms with van der Waals surface area (Å²) >= 11 is 12.2. The van der Waals surface area contributed by atoms with Crippen molar-refractivity contribution in [1.82, 2.24) is 15.2 Å². The van der Waals surface area contributed by atoms with Crippen LogP contribution in [0, 0.1) is 13.8 Å². The molecule has 0 spiro atoms. The molecule has 0 saturated heterocycles. The Bertz CT molecular complexity index is 996. The van der Waals surface area contributed by atoms with Gasteiger partial charge in [-0.15, -0.1) is 0 Å². The van der Waals surface area contributed by atoms with Gasteiger partial charge in [-0.2, -0.15) is 10.2 Å². The molecule has 1 N–H and O–H groups in total. The largest absolute Gasteiger partial charge is 0.484 e. The van der Waals surface area contributed by atoms with E-state index in [2.05, 4.69) is 15.6 Å². The number of amides is 1. The van der Waals surface area contributed by atoms with E-state index in [0.717, 1.165) is 11.3 Å². The maximum absolute atomic E-state index is 11.9. The van der Waals surface area contributed by atoms with Gasteiger partial charge < -0.3 is 4.74 Å². The third-order valence-corrected chi connectivity index (χ3v) is 4.51. The Morgan fingerprint density at radius 2 is 1.82 bits per heavy atom. The molecule has 3 rings (SSSR count). The Morgan fingerprint density at radius 3 is 2.50 bits per heavy atom. The van der Waals surface area contributed by atoms with Crippen LogP contribution in [-0.2, 0) is 4.79 Å². The quantitative estimate of drug-likeness (QED) is 0.480. The number of ether oxygens (including phenoxy) is 1. The summed E-state index contributed by atoms with van der Waals surface area (Å²) in [5, 5.41) is 9.39. The van der Waals surface area contributed by atoms with Gasteiger partial charge in [-0.05, 0) is 50.2 Å². The number of hydrazone groups is 1. The van der Waals surface area contributed by atoms with Crippen LogP contribution in [-0.4, -0.2) is 28.5 Å². The van der Waals surface area contributed by atoms with Gasteiger partial charge in [0.2, 0.25) is 0 Å². The number of carbonyl (C=O) groups is 1. The second-order valence-corrected chi connectivity index (χ2v) is 6.87. The average Bonchev–Trinajstić information content (AvgIpc) is 2.96. The fraction of sp³-hybridized carbons (Fsp3) is 0.150. The Kier molecular flexibility index (Phi) is 6.34. The summed E-state index contributed by atoms with van der Waals surface area (Å²) < 4.78 is 6.99. The number of nitrogens with zero attached hydrogens (tertiary/aromatic N) is 3. The fourth-order valence-electron chi connectivity index (χ4n) is 2.40. The Hall–Kier alpha value is -2.83. The molecule has 1 heterocycles. The molecule has 2 aromatic carbocycles. The number of halogens is 2. The first-order valence-electron chi connectivity index (χ1n) is 8.46. The van der Waals surface area contributed by atoms with Crippen LogP contribution in [0.5, 0.6) is 5.75 Å². The van der Waals surface area contributed by atoms with Crippen molar-refractivity contribution in [1.29, 1.82) is 0 Å². The van der Waals surface area contributed by atoms with Gasteiger partial charge in [0, 0.05) is 5.02 Å². The van der Waals surface area contributed by atoms with Gasteiger partial charge in [0.05, 0.1) is 23.2 Å². The molecule has 1 aromatic heterocycles. The maximum Gasteiger partial charge on any atom is 0.277 e. The van der Waals surface area contributed by atoms with Crippen molar-refractivity contribution < 1.29 is 9.53 Å². The van der Waals surface area contributed by atoms with Crippen LogP contribution in [0.4, 0.5) is 0 Å². The molecule has 1 amide bonds. The van der Waals surface area contributed by atoms with Crippen LogP contribution < -0.4 is 10.2 Å². The molecule has 0 fully saturated rings. The first-order chi connectivity index (χ1) is 13.4. The molecular formula is C20H18Cl2N4O2. The first kappa shape index (κ1) is 19.9. The van der Waals surface area contributed by atoms with Gasteiger partial charge in [-0.3, -0.25) is 4.79 Å². The number of rotatable bonds is 6. The highest BCUT2D eigenvalue weighted by molar-refractivity contribution is 6.32. The molecule has 0 unspecified atom stereocenters. The maximum atomic E-state index is 11.9. The van der Waals surface area contributed by atoms with Gasteiger partial charge in [-0.1, -0.05) is 40.9 Å². The second kappa shape index (κ2) is 8.91. The summed E-state index contributed by atoms with van der Waals surface area (Å²) in [5.41, 5.74) is 5.72. The molecule has 144 valence electrons. The van der Waals surface area contributed by atoms with Crippen molar-refractivity contribution in [2.24, 2.45) is 5.10 Å². The molecule has 0 saturated carbocycles. The summed E-state index contributed by atoms with van der Waals surface area (Å²) in [6.45, 7) is 3.66. The van der Waals surface area contributed by atoms with E-state index < -0.39 is 5.91 Å². The van der Waals surface area contributed by atoms with Crippen molar-refractivity contribution in [3.63, 3.8) is 0 Å². The van der Waals surface area contributed by atoms with E-state index in [4.69, 9.17) is 27.9 Å². The molecule has 0 radical (unpaired) electrons. The molecule has 6 nitrogen and oxygen atoms in total. The molecule has 0 bridgehead atoms. The highest BCUT2D eigenvalue weighted by atomic mass is 35.5. The summed E-state index contributed by atoms with van der Waals surface area (Å²) in [6, 6.07) is 14.6. The highest BCUT2D eigenvalue weighted by Gasteiger charge is 2.13. The fourth-order valence-corrected chi connectivity index (χ4v) is 2.84. The first-order valence-corrected chi connectivity index (χ1v) is 9.22. The number of carbonyl (C=O) groups excluding carboxylic acids is 1. The minimum atomic E-state index is -0.397. The van der Waals surface area contributed by atoms with Crippen molar-refractivity contribution in [2.75, 3.05) is 6.61 Å². The lowest BCUT2D eigenvalue weighted by Crippen LogP contribution is -2.24. The predicted molar refractivity (Wildman–Crippen MR) is 111 cm³/mol. The predicted octanol–water partition coefficient (Wildman–Crippen LogP) is 4.33. The normalized spacial score (nSPS) is 11.0. The van der Waals surface area contributed by atoms with Crippen molar-refractivity contribution in [3.8, 4) is 11.4 Å². The van der Waals surface area contributed by atoms with Gasteiger partial charge in [-0.25, -0.2) is 10.1 Å². The monoisotopic (exact) mass is 416 g/mol. The molecule has 3 aromatic rings. The lowest BCUT2D eigenvalue weighted by Gasteiger charge is -2.04. The molecular weight excluding hydrogens is 399 g/mol. The number of hydrogen-bond donors (Lipinski definition) is 1. The lowest BCUT2D eigenvalue weighted by molar-refractivity contribution is -0.123. The average molecular weight is 417 g/mol. The molecule has 0 aliphatic rings. The summed E-state index contributed by atoms with van der Waals surface area (Å²) in [7, 11) is 0. The Balaban J connectivity index is 1.61. The van der Waals surface area contributed by atoms with E-state index in [9.17, 15) is 4.79 Å². The Labute approximate surface area is 172 Å². The smallest absolute Gasteiger partial charge is 0.277 e. The van der Waals surface area contributed by atoms with Crippen molar-refractivity contribution in [2.45, 2.75) is 13.8 Å². The number of aryl methyl sites for hydroxylation is 2. The zero-order chi connectivity index (χ0) is 20.1. The van der Waals surface area contributed by atoms with Crippen LogP contribution in [0.2, 0.25) is 10.2 Å². The van der Waals surface area contributed by atoms with Crippen LogP contribution in [0.25, 0.3) is 5.69 Å². The molecule has 8 heteroatoms. The second-order valence-electron chi connectivity index (χ2n) is 6.07. The van der Waals surface area contributed by atoms with Crippen LogP contribution >= 0.6 is 23.2 Å². The van der Waals surface area contributed by atoms with E-state index in [-0.39, 0.29) is 6.61 Å². The van der Waals surface area contributed by atoms with E-state index in [1.807, 2.05) is 38.1 Å². The zero-order valence-electron chi connectivity index (χ0n) is 15.3. The van der Waals surface area contributed by atoms with Crippen LogP contribution in [0.15, 0.2) is 53.6 Å². The minimum Gasteiger partial charge on any atom is -0.484 e. The van der Waals surface area contributed by atoms with E-state index in [1.165, 1.54) is 6.21 Å². The highest BCUT2D eigenvalue weighted by Crippen LogP contribution is 2.22. The lowest BCUT2D eigenvalue weighted by atomic mass is 10.2.